The van der Waals surface area contributed by atoms with E-state index in [2.05, 4.69) is 42.7 Å². The lowest BCUT2D eigenvalue weighted by atomic mass is 10.00. The monoisotopic (exact) mass is 204 g/mol. The molecule has 0 bridgehead atoms. The Kier molecular flexibility index (Phi) is 2.62. The van der Waals surface area contributed by atoms with Gasteiger partial charge in [0, 0.05) is 12.2 Å². The van der Waals surface area contributed by atoms with Crippen LogP contribution < -0.4 is 10.6 Å². The highest BCUT2D eigenvalue weighted by atomic mass is 16.2. The second-order valence-electron chi connectivity index (χ2n) is 4.40. The van der Waals surface area contributed by atoms with Crippen molar-refractivity contribution in [3.8, 4) is 0 Å². The molecule has 1 aliphatic rings. The van der Waals surface area contributed by atoms with Gasteiger partial charge in [0.15, 0.2) is 0 Å². The number of nitrogens with one attached hydrogen (secondary N) is 2. The molecule has 1 aromatic carbocycles. The van der Waals surface area contributed by atoms with Gasteiger partial charge in [-0.3, -0.25) is 0 Å². The van der Waals surface area contributed by atoms with Gasteiger partial charge < -0.3 is 10.6 Å². The quantitative estimate of drug-likeness (QED) is 0.763. The van der Waals surface area contributed by atoms with E-state index in [9.17, 15) is 4.79 Å². The van der Waals surface area contributed by atoms with E-state index in [-0.39, 0.29) is 6.03 Å². The molecule has 2 amide bonds. The highest BCUT2D eigenvalue weighted by Crippen LogP contribution is 2.21. The molecule has 80 valence electrons. The largest absolute Gasteiger partial charge is 0.334 e. The van der Waals surface area contributed by atoms with E-state index < -0.39 is 0 Å². The number of carbonyl (C=O) groups excluding carboxylic acids is 1. The van der Waals surface area contributed by atoms with Gasteiger partial charge in [-0.2, -0.15) is 0 Å². The fourth-order valence-corrected chi connectivity index (χ4v) is 1.83. The van der Waals surface area contributed by atoms with Crippen LogP contribution >= 0.6 is 0 Å². The first-order valence-electron chi connectivity index (χ1n) is 5.32. The van der Waals surface area contributed by atoms with Crippen LogP contribution in [-0.4, -0.2) is 6.03 Å². The number of carbonyl (C=O) groups is 1. The molecule has 0 aromatic heterocycles. The van der Waals surface area contributed by atoms with Crippen molar-refractivity contribution in [3.63, 3.8) is 0 Å². The Bertz CT molecular complexity index is 385. The van der Waals surface area contributed by atoms with Crippen molar-refractivity contribution in [1.82, 2.24) is 5.32 Å². The fraction of sp³-hybridized carbons (Fsp3) is 0.417. The topological polar surface area (TPSA) is 41.1 Å². The zero-order chi connectivity index (χ0) is 10.8. The van der Waals surface area contributed by atoms with Crippen molar-refractivity contribution in [2.24, 2.45) is 5.92 Å². The average molecular weight is 204 g/mol. The minimum absolute atomic E-state index is 0.107. The highest BCUT2D eigenvalue weighted by molar-refractivity contribution is 5.92. The van der Waals surface area contributed by atoms with Crippen molar-refractivity contribution >= 4 is 11.7 Å². The van der Waals surface area contributed by atoms with Gasteiger partial charge in [-0.1, -0.05) is 26.0 Å². The minimum Gasteiger partial charge on any atom is -0.334 e. The first-order chi connectivity index (χ1) is 7.15. The molecule has 2 rings (SSSR count). The average Bonchev–Trinajstić information content (AvgIpc) is 2.16. The molecule has 0 aliphatic carbocycles. The third kappa shape index (κ3) is 2.29. The lowest BCUT2D eigenvalue weighted by Gasteiger charge is -2.19. The van der Waals surface area contributed by atoms with Crippen LogP contribution in [0.4, 0.5) is 10.5 Å². The first kappa shape index (κ1) is 10.0. The summed E-state index contributed by atoms with van der Waals surface area (Å²) in [4.78, 5) is 11.1. The molecular weight excluding hydrogens is 188 g/mol. The van der Waals surface area contributed by atoms with Gasteiger partial charge in [0.25, 0.3) is 0 Å². The van der Waals surface area contributed by atoms with E-state index in [1.807, 2.05) is 0 Å². The maximum absolute atomic E-state index is 11.1. The smallest absolute Gasteiger partial charge is 0.319 e. The molecule has 0 saturated heterocycles. The Morgan fingerprint density at radius 3 is 2.93 bits per heavy atom. The van der Waals surface area contributed by atoms with E-state index in [4.69, 9.17) is 0 Å². The van der Waals surface area contributed by atoms with Crippen LogP contribution in [-0.2, 0) is 13.0 Å². The van der Waals surface area contributed by atoms with Gasteiger partial charge in [0.05, 0.1) is 0 Å². The lowest BCUT2D eigenvalue weighted by Crippen LogP contribution is -2.33. The summed E-state index contributed by atoms with van der Waals surface area (Å²) in [5.74, 6) is 0.639. The molecule has 1 aliphatic heterocycles. The SMILES string of the molecule is CC(C)Cc1ccc2c(c1)NC(=O)NC2. The van der Waals surface area contributed by atoms with Crippen LogP contribution in [0.5, 0.6) is 0 Å². The van der Waals surface area contributed by atoms with Crippen LogP contribution in [0.15, 0.2) is 18.2 Å². The number of amides is 2. The third-order valence-corrected chi connectivity index (χ3v) is 2.51. The molecule has 3 heteroatoms. The van der Waals surface area contributed by atoms with Gasteiger partial charge in [-0.05, 0) is 29.5 Å². The Morgan fingerprint density at radius 2 is 2.20 bits per heavy atom. The predicted octanol–water partition coefficient (Wildman–Crippen LogP) is 2.52. The number of anilines is 1. The van der Waals surface area contributed by atoms with Crippen LogP contribution in [0.1, 0.15) is 25.0 Å². The number of rotatable bonds is 2. The first-order valence-corrected chi connectivity index (χ1v) is 5.32. The number of urea groups is 1. The molecule has 0 spiro atoms. The molecule has 15 heavy (non-hydrogen) atoms. The molecule has 3 nitrogen and oxygen atoms in total. The van der Waals surface area contributed by atoms with Crippen molar-refractivity contribution in [3.05, 3.63) is 29.3 Å². The number of hydrogen-bond donors (Lipinski definition) is 2. The molecule has 0 atom stereocenters. The summed E-state index contributed by atoms with van der Waals surface area (Å²) >= 11 is 0. The second kappa shape index (κ2) is 3.93. The van der Waals surface area contributed by atoms with Crippen molar-refractivity contribution in [1.29, 1.82) is 0 Å². The van der Waals surface area contributed by atoms with Gasteiger partial charge in [0.2, 0.25) is 0 Å². The van der Waals surface area contributed by atoms with Crippen LogP contribution in [0.2, 0.25) is 0 Å². The molecule has 0 radical (unpaired) electrons. The minimum atomic E-state index is -0.107. The summed E-state index contributed by atoms with van der Waals surface area (Å²) in [6.07, 6.45) is 1.05. The number of hydrogen-bond acceptors (Lipinski definition) is 1. The molecule has 0 unspecified atom stereocenters. The maximum atomic E-state index is 11.1. The van der Waals surface area contributed by atoms with E-state index >= 15 is 0 Å². The number of fused-ring (bicyclic) bond motifs is 1. The van der Waals surface area contributed by atoms with Crippen LogP contribution in [0, 0.1) is 5.92 Å². The second-order valence-corrected chi connectivity index (χ2v) is 4.40. The van der Waals surface area contributed by atoms with E-state index in [1.165, 1.54) is 5.56 Å². The summed E-state index contributed by atoms with van der Waals surface area (Å²) in [7, 11) is 0. The highest BCUT2D eigenvalue weighted by Gasteiger charge is 2.13. The molecule has 1 aromatic rings. The normalized spacial score (nSPS) is 14.5. The summed E-state index contributed by atoms with van der Waals surface area (Å²) < 4.78 is 0. The Labute approximate surface area is 89.9 Å². The summed E-state index contributed by atoms with van der Waals surface area (Å²) in [5, 5.41) is 5.57. The van der Waals surface area contributed by atoms with E-state index in [1.54, 1.807) is 0 Å². The van der Waals surface area contributed by atoms with E-state index in [0.717, 1.165) is 17.7 Å². The fourth-order valence-electron chi connectivity index (χ4n) is 1.83. The van der Waals surface area contributed by atoms with Gasteiger partial charge in [0.1, 0.15) is 0 Å². The van der Waals surface area contributed by atoms with Crippen molar-refractivity contribution in [2.45, 2.75) is 26.8 Å². The molecule has 1 heterocycles. The summed E-state index contributed by atoms with van der Waals surface area (Å²) in [6, 6.07) is 6.19. The van der Waals surface area contributed by atoms with Crippen molar-refractivity contribution < 1.29 is 4.79 Å². The van der Waals surface area contributed by atoms with Crippen LogP contribution in [0.3, 0.4) is 0 Å². The Hall–Kier alpha value is -1.51. The van der Waals surface area contributed by atoms with Crippen LogP contribution in [0.25, 0.3) is 0 Å². The summed E-state index contributed by atoms with van der Waals surface area (Å²) in [5.41, 5.74) is 3.39. The predicted molar refractivity (Wildman–Crippen MR) is 60.8 cm³/mol. The van der Waals surface area contributed by atoms with Gasteiger partial charge in [-0.25, -0.2) is 4.79 Å². The zero-order valence-electron chi connectivity index (χ0n) is 9.13. The Morgan fingerprint density at radius 1 is 1.40 bits per heavy atom. The van der Waals surface area contributed by atoms with Crippen molar-refractivity contribution in [2.75, 3.05) is 5.32 Å². The zero-order valence-corrected chi connectivity index (χ0v) is 9.13. The Balaban J connectivity index is 2.24. The standard InChI is InChI=1S/C12H16N2O/c1-8(2)5-9-3-4-10-7-13-12(15)14-11(10)6-9/h3-4,6,8H,5,7H2,1-2H3,(H2,13,14,15). The van der Waals surface area contributed by atoms with Gasteiger partial charge in [-0.15, -0.1) is 0 Å². The summed E-state index contributed by atoms with van der Waals surface area (Å²) in [6.45, 7) is 5.02. The maximum Gasteiger partial charge on any atom is 0.319 e. The number of benzene rings is 1. The molecule has 0 fully saturated rings. The lowest BCUT2D eigenvalue weighted by molar-refractivity contribution is 0.251. The third-order valence-electron chi connectivity index (χ3n) is 2.51. The van der Waals surface area contributed by atoms with E-state index in [0.29, 0.717) is 12.5 Å². The molecule has 2 N–H and O–H groups in total. The van der Waals surface area contributed by atoms with Gasteiger partial charge >= 0.3 is 6.03 Å². The molecular formula is C12H16N2O. The molecule has 0 saturated carbocycles.